The summed E-state index contributed by atoms with van der Waals surface area (Å²) in [4.78, 5) is 12.7. The lowest BCUT2D eigenvalue weighted by Crippen LogP contribution is -2.27. The molecule has 1 aromatic heterocycles. The van der Waals surface area contributed by atoms with Crippen molar-refractivity contribution in [3.05, 3.63) is 70.9 Å². The number of amides is 1. The van der Waals surface area contributed by atoms with E-state index in [0.717, 1.165) is 25.1 Å². The minimum Gasteiger partial charge on any atom is -0.356 e. The van der Waals surface area contributed by atoms with Gasteiger partial charge < -0.3 is 9.88 Å². The molecule has 0 radical (unpaired) electrons. The van der Waals surface area contributed by atoms with Crippen LogP contribution in [0.4, 0.5) is 0 Å². The van der Waals surface area contributed by atoms with Crippen molar-refractivity contribution in [2.45, 2.75) is 46.1 Å². The van der Waals surface area contributed by atoms with Crippen LogP contribution < -0.4 is 5.32 Å². The number of aryl methyl sites for hydroxylation is 1. The highest BCUT2D eigenvalue weighted by Gasteiger charge is 2.22. The summed E-state index contributed by atoms with van der Waals surface area (Å²) in [7, 11) is 0. The first-order chi connectivity index (χ1) is 13.5. The monoisotopic (exact) mass is 396 g/mol. The van der Waals surface area contributed by atoms with E-state index in [0.29, 0.717) is 17.4 Å². The Kier molecular flexibility index (Phi) is 6.79. The first-order valence-electron chi connectivity index (χ1n) is 10.1. The van der Waals surface area contributed by atoms with E-state index in [9.17, 15) is 4.79 Å². The maximum atomic E-state index is 12.7. The number of para-hydroxylation sites is 1. The van der Waals surface area contributed by atoms with Crippen LogP contribution in [0, 0.1) is 5.92 Å². The molecule has 0 bridgehead atoms. The van der Waals surface area contributed by atoms with E-state index in [2.05, 4.69) is 67.2 Å². The van der Waals surface area contributed by atoms with E-state index >= 15 is 0 Å². The summed E-state index contributed by atoms with van der Waals surface area (Å²) in [5.74, 6) is 0.626. The van der Waals surface area contributed by atoms with Gasteiger partial charge in [0.15, 0.2) is 0 Å². The highest BCUT2D eigenvalue weighted by atomic mass is 35.5. The lowest BCUT2D eigenvalue weighted by atomic mass is 9.88. The predicted molar refractivity (Wildman–Crippen MR) is 118 cm³/mol. The summed E-state index contributed by atoms with van der Waals surface area (Å²) < 4.78 is 2.25. The quantitative estimate of drug-likeness (QED) is 0.497. The van der Waals surface area contributed by atoms with Crippen molar-refractivity contribution in [3.63, 3.8) is 0 Å². The van der Waals surface area contributed by atoms with Crippen LogP contribution in [0.1, 0.15) is 50.7 Å². The number of halogens is 1. The summed E-state index contributed by atoms with van der Waals surface area (Å²) >= 11 is 6.28. The van der Waals surface area contributed by atoms with Crippen LogP contribution in [0.5, 0.6) is 0 Å². The second kappa shape index (κ2) is 9.29. The number of fused-ring (bicyclic) bond motifs is 1. The Morgan fingerprint density at radius 1 is 1.14 bits per heavy atom. The standard InChI is InChI=1S/C24H29ClN2O/c1-4-27-16-22(20-10-5-6-11-23(20)27)21(18-8-7-9-19(25)14-18)15-24(28)26-13-12-17(2)3/h5-11,14,16-17,21H,4,12-13,15H2,1-3H3,(H,26,28). The van der Waals surface area contributed by atoms with Crippen molar-refractivity contribution in [1.29, 1.82) is 0 Å². The van der Waals surface area contributed by atoms with Crippen LogP contribution in [-0.4, -0.2) is 17.0 Å². The number of hydrogen-bond donors (Lipinski definition) is 1. The molecule has 2 aromatic carbocycles. The summed E-state index contributed by atoms with van der Waals surface area (Å²) in [6, 6.07) is 16.3. The van der Waals surface area contributed by atoms with Gasteiger partial charge in [-0.15, -0.1) is 0 Å². The number of hydrogen-bond acceptors (Lipinski definition) is 1. The van der Waals surface area contributed by atoms with Crippen LogP contribution in [0.2, 0.25) is 5.02 Å². The molecule has 0 aliphatic heterocycles. The van der Waals surface area contributed by atoms with Crippen LogP contribution in [0.3, 0.4) is 0 Å². The summed E-state index contributed by atoms with van der Waals surface area (Å²) in [5.41, 5.74) is 3.46. The molecule has 1 unspecified atom stereocenters. The van der Waals surface area contributed by atoms with Gasteiger partial charge in [-0.2, -0.15) is 0 Å². The fraction of sp³-hybridized carbons (Fsp3) is 0.375. The van der Waals surface area contributed by atoms with Crippen molar-refractivity contribution in [2.75, 3.05) is 6.54 Å². The van der Waals surface area contributed by atoms with Crippen molar-refractivity contribution in [2.24, 2.45) is 5.92 Å². The second-order valence-electron chi connectivity index (χ2n) is 7.73. The number of aromatic nitrogens is 1. The molecule has 4 heteroatoms. The SMILES string of the molecule is CCn1cc(C(CC(=O)NCCC(C)C)c2cccc(Cl)c2)c2ccccc21. The smallest absolute Gasteiger partial charge is 0.220 e. The summed E-state index contributed by atoms with van der Waals surface area (Å²) in [5, 5.41) is 4.98. The normalized spacial score (nSPS) is 12.5. The van der Waals surface area contributed by atoms with E-state index in [4.69, 9.17) is 11.6 Å². The molecule has 1 heterocycles. The van der Waals surface area contributed by atoms with Crippen LogP contribution in [-0.2, 0) is 11.3 Å². The lowest BCUT2D eigenvalue weighted by molar-refractivity contribution is -0.121. The van der Waals surface area contributed by atoms with Gasteiger partial charge in [-0.05, 0) is 48.6 Å². The highest BCUT2D eigenvalue weighted by molar-refractivity contribution is 6.30. The first kappa shape index (κ1) is 20.5. The van der Waals surface area contributed by atoms with Crippen molar-refractivity contribution < 1.29 is 4.79 Å². The number of carbonyl (C=O) groups excluding carboxylic acids is 1. The van der Waals surface area contributed by atoms with Gasteiger partial charge in [0.2, 0.25) is 5.91 Å². The molecular formula is C24H29ClN2O. The molecule has 0 fully saturated rings. The second-order valence-corrected chi connectivity index (χ2v) is 8.17. The Labute approximate surface area is 172 Å². The van der Waals surface area contributed by atoms with E-state index in [1.54, 1.807) is 0 Å². The first-order valence-corrected chi connectivity index (χ1v) is 10.5. The number of rotatable bonds is 8. The molecule has 1 atom stereocenters. The molecule has 3 aromatic rings. The van der Waals surface area contributed by atoms with Gasteiger partial charge in [0.05, 0.1) is 0 Å². The number of nitrogens with one attached hydrogen (secondary N) is 1. The third kappa shape index (κ3) is 4.77. The molecule has 1 N–H and O–H groups in total. The van der Waals surface area contributed by atoms with Crippen LogP contribution >= 0.6 is 11.6 Å². The fourth-order valence-electron chi connectivity index (χ4n) is 3.70. The molecule has 28 heavy (non-hydrogen) atoms. The number of carbonyl (C=O) groups is 1. The summed E-state index contributed by atoms with van der Waals surface area (Å²) in [6.07, 6.45) is 3.59. The molecule has 0 aliphatic rings. The highest BCUT2D eigenvalue weighted by Crippen LogP contribution is 2.35. The Bertz CT molecular complexity index is 945. The molecule has 0 spiro atoms. The van der Waals surface area contributed by atoms with Gasteiger partial charge >= 0.3 is 0 Å². The maximum absolute atomic E-state index is 12.7. The van der Waals surface area contributed by atoms with Gasteiger partial charge in [-0.3, -0.25) is 4.79 Å². The van der Waals surface area contributed by atoms with E-state index in [1.165, 1.54) is 16.5 Å². The zero-order valence-electron chi connectivity index (χ0n) is 16.9. The Balaban J connectivity index is 1.97. The van der Waals surface area contributed by atoms with Gasteiger partial charge in [-0.1, -0.05) is 55.8 Å². The Morgan fingerprint density at radius 2 is 1.93 bits per heavy atom. The van der Waals surface area contributed by atoms with E-state index < -0.39 is 0 Å². The minimum absolute atomic E-state index is 0.0320. The van der Waals surface area contributed by atoms with Gasteiger partial charge in [-0.25, -0.2) is 0 Å². The Hall–Kier alpha value is -2.26. The number of nitrogens with zero attached hydrogens (tertiary/aromatic N) is 1. The van der Waals surface area contributed by atoms with Crippen molar-refractivity contribution in [1.82, 2.24) is 9.88 Å². The molecule has 0 saturated carbocycles. The summed E-state index contributed by atoms with van der Waals surface area (Å²) in [6.45, 7) is 8.09. The van der Waals surface area contributed by atoms with Crippen LogP contribution in [0.25, 0.3) is 10.9 Å². The van der Waals surface area contributed by atoms with Gasteiger partial charge in [0.1, 0.15) is 0 Å². The van der Waals surface area contributed by atoms with Crippen molar-refractivity contribution >= 4 is 28.4 Å². The number of benzene rings is 2. The average molecular weight is 397 g/mol. The predicted octanol–water partition coefficient (Wildman–Crippen LogP) is 6.00. The molecule has 3 nitrogen and oxygen atoms in total. The molecule has 3 rings (SSSR count). The minimum atomic E-state index is -0.0320. The zero-order chi connectivity index (χ0) is 20.1. The van der Waals surface area contributed by atoms with Crippen LogP contribution in [0.15, 0.2) is 54.7 Å². The molecule has 1 amide bonds. The molecular weight excluding hydrogens is 368 g/mol. The molecule has 148 valence electrons. The van der Waals surface area contributed by atoms with E-state index in [-0.39, 0.29) is 11.8 Å². The third-order valence-electron chi connectivity index (χ3n) is 5.22. The fourth-order valence-corrected chi connectivity index (χ4v) is 3.90. The average Bonchev–Trinajstić information content (AvgIpc) is 3.04. The van der Waals surface area contributed by atoms with Gasteiger partial charge in [0.25, 0.3) is 0 Å². The maximum Gasteiger partial charge on any atom is 0.220 e. The van der Waals surface area contributed by atoms with Crippen molar-refractivity contribution in [3.8, 4) is 0 Å². The molecule has 0 aliphatic carbocycles. The lowest BCUT2D eigenvalue weighted by Gasteiger charge is -2.18. The molecule has 0 saturated heterocycles. The third-order valence-corrected chi connectivity index (χ3v) is 5.46. The Morgan fingerprint density at radius 3 is 2.64 bits per heavy atom. The zero-order valence-corrected chi connectivity index (χ0v) is 17.7. The largest absolute Gasteiger partial charge is 0.356 e. The topological polar surface area (TPSA) is 34.0 Å². The van der Waals surface area contributed by atoms with Gasteiger partial charge in [0, 0.05) is 47.6 Å². The van der Waals surface area contributed by atoms with E-state index in [1.807, 2.05) is 18.2 Å².